The Morgan fingerprint density at radius 2 is 1.62 bits per heavy atom. The monoisotopic (exact) mass is 397 g/mol. The fourth-order valence-corrected chi connectivity index (χ4v) is 3.78. The molecular weight excluding hydrogens is 378 g/mol. The van der Waals surface area contributed by atoms with Gasteiger partial charge >= 0.3 is 5.97 Å². The Hall–Kier alpha value is -2.25. The highest BCUT2D eigenvalue weighted by Crippen LogP contribution is 2.26. The van der Waals surface area contributed by atoms with E-state index in [0.717, 1.165) is 4.31 Å². The summed E-state index contributed by atoms with van der Waals surface area (Å²) in [5.74, 6) is -0.0770. The van der Waals surface area contributed by atoms with Gasteiger partial charge in [0.1, 0.15) is 12.3 Å². The molecule has 0 amide bonds. The molecule has 0 aliphatic carbocycles. The highest BCUT2D eigenvalue weighted by atomic mass is 35.5. The second kappa shape index (κ2) is 8.91. The number of halogens is 1. The van der Waals surface area contributed by atoms with E-state index in [4.69, 9.17) is 21.1 Å². The average molecular weight is 398 g/mol. The summed E-state index contributed by atoms with van der Waals surface area (Å²) >= 11 is 5.88. The molecule has 140 valence electrons. The van der Waals surface area contributed by atoms with Crippen molar-refractivity contribution in [3.05, 3.63) is 53.6 Å². The predicted molar refractivity (Wildman–Crippen MR) is 100 cm³/mol. The van der Waals surface area contributed by atoms with Gasteiger partial charge in [-0.1, -0.05) is 11.6 Å². The number of carbonyl (C=O) groups excluding carboxylic acids is 1. The molecule has 0 radical (unpaired) electrons. The molecule has 2 rings (SSSR count). The van der Waals surface area contributed by atoms with Crippen LogP contribution in [0.2, 0.25) is 5.02 Å². The average Bonchev–Trinajstić information content (AvgIpc) is 2.61. The zero-order valence-corrected chi connectivity index (χ0v) is 16.1. The minimum Gasteiger partial charge on any atom is -0.494 e. The lowest BCUT2D eigenvalue weighted by molar-refractivity contribution is -0.141. The molecule has 0 spiro atoms. The molecule has 0 atom stereocenters. The van der Waals surface area contributed by atoms with Crippen LogP contribution < -0.4 is 9.04 Å². The number of ether oxygens (including phenoxy) is 2. The highest BCUT2D eigenvalue weighted by molar-refractivity contribution is 7.92. The fraction of sp³-hybridized carbons (Fsp3) is 0.278. The van der Waals surface area contributed by atoms with E-state index < -0.39 is 22.5 Å². The number of benzene rings is 2. The van der Waals surface area contributed by atoms with Crippen LogP contribution in [-0.4, -0.2) is 34.1 Å². The lowest BCUT2D eigenvalue weighted by atomic mass is 10.3. The highest BCUT2D eigenvalue weighted by Gasteiger charge is 2.27. The summed E-state index contributed by atoms with van der Waals surface area (Å²) in [5.41, 5.74) is 0.316. The van der Waals surface area contributed by atoms with E-state index in [1.807, 2.05) is 6.92 Å². The largest absolute Gasteiger partial charge is 0.494 e. The van der Waals surface area contributed by atoms with Crippen LogP contribution >= 0.6 is 11.6 Å². The summed E-state index contributed by atoms with van der Waals surface area (Å²) in [6.07, 6.45) is 0. The molecule has 0 bridgehead atoms. The van der Waals surface area contributed by atoms with Gasteiger partial charge in [0.15, 0.2) is 0 Å². The summed E-state index contributed by atoms with van der Waals surface area (Å²) < 4.78 is 37.4. The van der Waals surface area contributed by atoms with Crippen LogP contribution in [0.1, 0.15) is 13.8 Å². The van der Waals surface area contributed by atoms with E-state index in [-0.39, 0.29) is 11.5 Å². The predicted octanol–water partition coefficient (Wildman–Crippen LogP) is 3.50. The molecule has 0 aromatic heterocycles. The van der Waals surface area contributed by atoms with E-state index in [1.165, 1.54) is 24.3 Å². The lowest BCUT2D eigenvalue weighted by Crippen LogP contribution is -2.36. The lowest BCUT2D eigenvalue weighted by Gasteiger charge is -2.23. The van der Waals surface area contributed by atoms with Gasteiger partial charge in [0.25, 0.3) is 10.0 Å². The summed E-state index contributed by atoms with van der Waals surface area (Å²) in [6, 6.07) is 12.2. The summed E-state index contributed by atoms with van der Waals surface area (Å²) in [6.45, 7) is 3.70. The first-order valence-corrected chi connectivity index (χ1v) is 9.87. The molecule has 0 saturated heterocycles. The van der Waals surface area contributed by atoms with Crippen molar-refractivity contribution in [2.24, 2.45) is 0 Å². The molecule has 0 aliphatic rings. The Labute approximate surface area is 158 Å². The first-order valence-electron chi connectivity index (χ1n) is 8.05. The third-order valence-electron chi connectivity index (χ3n) is 3.42. The van der Waals surface area contributed by atoms with Gasteiger partial charge in [-0.3, -0.25) is 9.10 Å². The number of hydrogen-bond donors (Lipinski definition) is 0. The molecule has 0 aliphatic heterocycles. The molecule has 0 N–H and O–H groups in total. The summed E-state index contributed by atoms with van der Waals surface area (Å²) in [4.78, 5) is 12.0. The Morgan fingerprint density at radius 3 is 2.15 bits per heavy atom. The van der Waals surface area contributed by atoms with Crippen LogP contribution in [0.3, 0.4) is 0 Å². The first kappa shape index (κ1) is 20.1. The van der Waals surface area contributed by atoms with Crippen molar-refractivity contribution in [3.8, 4) is 5.75 Å². The van der Waals surface area contributed by atoms with Crippen molar-refractivity contribution in [1.82, 2.24) is 0 Å². The van der Waals surface area contributed by atoms with E-state index >= 15 is 0 Å². The molecule has 26 heavy (non-hydrogen) atoms. The van der Waals surface area contributed by atoms with Gasteiger partial charge in [-0.25, -0.2) is 8.42 Å². The Morgan fingerprint density at radius 1 is 1.00 bits per heavy atom. The normalized spacial score (nSPS) is 11.0. The van der Waals surface area contributed by atoms with Crippen molar-refractivity contribution in [3.63, 3.8) is 0 Å². The standard InChI is InChI=1S/C18H20ClNO5S/c1-3-24-16-9-11-17(12-10-16)26(22,23)20(13-18(21)25-4-2)15-7-5-14(19)6-8-15/h5-12H,3-4,13H2,1-2H3. The molecule has 2 aromatic rings. The minimum atomic E-state index is -3.98. The van der Waals surface area contributed by atoms with Crippen LogP contribution in [0.4, 0.5) is 5.69 Å². The topological polar surface area (TPSA) is 72.9 Å². The van der Waals surface area contributed by atoms with Crippen LogP contribution in [0.15, 0.2) is 53.4 Å². The molecular formula is C18H20ClNO5S. The maximum absolute atomic E-state index is 13.1. The van der Waals surface area contributed by atoms with Crippen molar-refractivity contribution in [2.75, 3.05) is 24.1 Å². The molecule has 0 unspecified atom stereocenters. The second-order valence-electron chi connectivity index (χ2n) is 5.20. The van der Waals surface area contributed by atoms with Gasteiger partial charge in [0, 0.05) is 5.02 Å². The SMILES string of the molecule is CCOC(=O)CN(c1ccc(Cl)cc1)S(=O)(=O)c1ccc(OCC)cc1. The third kappa shape index (κ3) is 4.89. The van der Waals surface area contributed by atoms with E-state index in [1.54, 1.807) is 31.2 Å². The molecule has 0 fully saturated rings. The zero-order valence-electron chi connectivity index (χ0n) is 14.5. The molecule has 8 heteroatoms. The summed E-state index contributed by atoms with van der Waals surface area (Å²) in [5, 5.41) is 0.461. The van der Waals surface area contributed by atoms with Crippen molar-refractivity contribution in [2.45, 2.75) is 18.7 Å². The maximum atomic E-state index is 13.1. The fourth-order valence-electron chi connectivity index (χ4n) is 2.25. The number of carbonyl (C=O) groups is 1. The second-order valence-corrected chi connectivity index (χ2v) is 7.50. The van der Waals surface area contributed by atoms with Crippen molar-refractivity contribution < 1.29 is 22.7 Å². The Balaban J connectivity index is 2.41. The van der Waals surface area contributed by atoms with Crippen LogP contribution in [0.5, 0.6) is 5.75 Å². The van der Waals surface area contributed by atoms with Crippen LogP contribution in [0, 0.1) is 0 Å². The van der Waals surface area contributed by atoms with Gasteiger partial charge in [-0.05, 0) is 62.4 Å². The quantitative estimate of drug-likeness (QED) is 0.637. The first-order chi connectivity index (χ1) is 12.4. The zero-order chi connectivity index (χ0) is 19.2. The van der Waals surface area contributed by atoms with Gasteiger partial charge in [-0.2, -0.15) is 0 Å². The van der Waals surface area contributed by atoms with Gasteiger partial charge in [0.2, 0.25) is 0 Å². The van der Waals surface area contributed by atoms with Crippen LogP contribution in [0.25, 0.3) is 0 Å². The van der Waals surface area contributed by atoms with Crippen molar-refractivity contribution in [1.29, 1.82) is 0 Å². The maximum Gasteiger partial charge on any atom is 0.326 e. The Kier molecular flexibility index (Phi) is 6.88. The number of hydrogen-bond acceptors (Lipinski definition) is 5. The number of anilines is 1. The Bertz CT molecular complexity index is 835. The number of esters is 1. The van der Waals surface area contributed by atoms with Crippen molar-refractivity contribution >= 4 is 33.3 Å². The summed E-state index contributed by atoms with van der Waals surface area (Å²) in [7, 11) is -3.98. The molecule has 6 nitrogen and oxygen atoms in total. The van der Waals surface area contributed by atoms with E-state index in [2.05, 4.69) is 0 Å². The number of nitrogens with zero attached hydrogens (tertiary/aromatic N) is 1. The minimum absolute atomic E-state index is 0.0419. The molecule has 0 saturated carbocycles. The van der Waals surface area contributed by atoms with Crippen LogP contribution in [-0.2, 0) is 19.6 Å². The van der Waals surface area contributed by atoms with E-state index in [0.29, 0.717) is 23.1 Å². The number of rotatable bonds is 8. The number of sulfonamides is 1. The third-order valence-corrected chi connectivity index (χ3v) is 5.46. The van der Waals surface area contributed by atoms with Gasteiger partial charge in [0.05, 0.1) is 23.8 Å². The smallest absolute Gasteiger partial charge is 0.326 e. The molecule has 0 heterocycles. The molecule has 2 aromatic carbocycles. The van der Waals surface area contributed by atoms with Gasteiger partial charge < -0.3 is 9.47 Å². The van der Waals surface area contributed by atoms with E-state index in [9.17, 15) is 13.2 Å². The van der Waals surface area contributed by atoms with Gasteiger partial charge in [-0.15, -0.1) is 0 Å².